The highest BCUT2D eigenvalue weighted by atomic mass is 32.2. The van der Waals surface area contributed by atoms with Gasteiger partial charge in [-0.2, -0.15) is 5.26 Å². The van der Waals surface area contributed by atoms with Crippen LogP contribution in [0.2, 0.25) is 0 Å². The number of hydrogen-bond acceptors (Lipinski definition) is 7. The number of aromatic nitrogens is 4. The van der Waals surface area contributed by atoms with E-state index in [0.29, 0.717) is 29.5 Å². The summed E-state index contributed by atoms with van der Waals surface area (Å²) in [5.74, 6) is 0.480. The predicted molar refractivity (Wildman–Crippen MR) is 130 cm³/mol. The van der Waals surface area contributed by atoms with Crippen molar-refractivity contribution < 1.29 is 4.79 Å². The second-order valence-electron chi connectivity index (χ2n) is 7.34. The Hall–Kier alpha value is -3.42. The Labute approximate surface area is 198 Å². The number of imidazole rings is 1. The van der Waals surface area contributed by atoms with Crippen molar-refractivity contribution in [3.63, 3.8) is 0 Å². The summed E-state index contributed by atoms with van der Waals surface area (Å²) in [6.45, 7) is 2.97. The van der Waals surface area contributed by atoms with Gasteiger partial charge in [0.1, 0.15) is 0 Å². The number of anilines is 1. The third-order valence-corrected chi connectivity index (χ3v) is 7.08. The highest BCUT2D eigenvalue weighted by Gasteiger charge is 2.14. The molecule has 0 radical (unpaired) electrons. The number of amides is 1. The maximum Gasteiger partial charge on any atom is 0.329 e. The van der Waals surface area contributed by atoms with Crippen LogP contribution in [0.3, 0.4) is 0 Å². The molecule has 0 atom stereocenters. The molecular formula is C23H22N6O2S2. The van der Waals surface area contributed by atoms with Gasteiger partial charge in [0, 0.05) is 25.3 Å². The number of fused-ring (bicyclic) bond motifs is 1. The molecule has 0 saturated carbocycles. The van der Waals surface area contributed by atoms with E-state index in [4.69, 9.17) is 5.26 Å². The number of nitrogens with zero attached hydrogens (tertiary/aromatic N) is 5. The number of para-hydroxylation sites is 2. The first-order chi connectivity index (χ1) is 16.1. The van der Waals surface area contributed by atoms with E-state index in [0.717, 1.165) is 27.4 Å². The molecule has 0 aliphatic rings. The molecule has 1 amide bonds. The Morgan fingerprint density at radius 1 is 1.09 bits per heavy atom. The lowest BCUT2D eigenvalue weighted by molar-refractivity contribution is -0.116. The fourth-order valence-corrected chi connectivity index (χ4v) is 5.19. The minimum atomic E-state index is -0.214. The van der Waals surface area contributed by atoms with E-state index in [2.05, 4.69) is 21.6 Å². The van der Waals surface area contributed by atoms with Gasteiger partial charge in [-0.1, -0.05) is 54.3 Å². The maximum atomic E-state index is 12.8. The van der Waals surface area contributed by atoms with Crippen LogP contribution < -0.4 is 11.0 Å². The molecule has 168 valence electrons. The van der Waals surface area contributed by atoms with Gasteiger partial charge in [-0.25, -0.2) is 4.79 Å². The molecule has 4 rings (SSSR count). The minimum absolute atomic E-state index is 0.0942. The summed E-state index contributed by atoms with van der Waals surface area (Å²) in [5.41, 5.74) is 3.33. The summed E-state index contributed by atoms with van der Waals surface area (Å²) < 4.78 is 4.16. The summed E-state index contributed by atoms with van der Waals surface area (Å²) in [6, 6.07) is 17.1. The van der Waals surface area contributed by atoms with E-state index in [1.54, 1.807) is 21.3 Å². The van der Waals surface area contributed by atoms with Crippen LogP contribution in [0.15, 0.2) is 57.7 Å². The minimum Gasteiger partial charge on any atom is -0.300 e. The maximum absolute atomic E-state index is 12.8. The molecule has 0 unspecified atom stereocenters. The lowest BCUT2D eigenvalue weighted by Gasteiger charge is -2.03. The second-order valence-corrected chi connectivity index (χ2v) is 9.54. The van der Waals surface area contributed by atoms with Gasteiger partial charge < -0.3 is 5.32 Å². The molecule has 33 heavy (non-hydrogen) atoms. The number of nitrogens with one attached hydrogen (secondary N) is 1. The van der Waals surface area contributed by atoms with E-state index in [1.165, 1.54) is 23.1 Å². The Morgan fingerprint density at radius 2 is 1.79 bits per heavy atom. The van der Waals surface area contributed by atoms with Gasteiger partial charge in [0.15, 0.2) is 4.34 Å². The molecular weight excluding hydrogens is 456 g/mol. The van der Waals surface area contributed by atoms with Crippen molar-refractivity contribution in [3.05, 3.63) is 70.1 Å². The highest BCUT2D eigenvalue weighted by Crippen LogP contribution is 2.28. The number of rotatable bonds is 9. The fraction of sp³-hybridized carbons (Fsp3) is 0.261. The molecule has 0 bridgehead atoms. The second kappa shape index (κ2) is 10.5. The van der Waals surface area contributed by atoms with Crippen molar-refractivity contribution in [2.75, 3.05) is 5.32 Å². The van der Waals surface area contributed by atoms with Gasteiger partial charge in [0.25, 0.3) is 0 Å². The molecule has 2 aromatic heterocycles. The lowest BCUT2D eigenvalue weighted by atomic mass is 10.2. The number of thioether (sulfide) groups is 1. The lowest BCUT2D eigenvalue weighted by Crippen LogP contribution is -2.26. The molecule has 0 saturated heterocycles. The van der Waals surface area contributed by atoms with Crippen LogP contribution >= 0.6 is 23.1 Å². The Morgan fingerprint density at radius 3 is 2.45 bits per heavy atom. The number of carbonyl (C=O) groups is 1. The smallest absolute Gasteiger partial charge is 0.300 e. The van der Waals surface area contributed by atoms with Gasteiger partial charge in [-0.05, 0) is 36.2 Å². The summed E-state index contributed by atoms with van der Waals surface area (Å²) in [7, 11) is 0. The fourth-order valence-electron chi connectivity index (χ4n) is 3.46. The van der Waals surface area contributed by atoms with E-state index < -0.39 is 0 Å². The largest absolute Gasteiger partial charge is 0.329 e. The van der Waals surface area contributed by atoms with Gasteiger partial charge in [-0.15, -0.1) is 10.2 Å². The Bertz CT molecular complexity index is 1360. The molecule has 0 aliphatic carbocycles. The van der Waals surface area contributed by atoms with Gasteiger partial charge >= 0.3 is 5.69 Å². The van der Waals surface area contributed by atoms with Crippen LogP contribution in [-0.2, 0) is 23.6 Å². The van der Waals surface area contributed by atoms with E-state index in [-0.39, 0.29) is 18.0 Å². The summed E-state index contributed by atoms with van der Waals surface area (Å²) in [6.07, 6.45) is 1.02. The van der Waals surface area contributed by atoms with Crippen molar-refractivity contribution in [3.8, 4) is 6.07 Å². The third kappa shape index (κ3) is 5.32. The number of carbonyl (C=O) groups excluding carboxylic acids is 1. The van der Waals surface area contributed by atoms with Crippen LogP contribution in [0.4, 0.5) is 5.13 Å². The zero-order valence-electron chi connectivity index (χ0n) is 18.0. The SMILES string of the molecule is CCCn1c(=O)n(CCC(=O)Nc2nnc(SCc3ccc(C#N)cc3)s2)c2ccccc21. The van der Waals surface area contributed by atoms with E-state index in [9.17, 15) is 9.59 Å². The molecule has 4 aromatic rings. The standard InChI is InChI=1S/C23H22N6O2S2/c1-2-12-28-18-5-3-4-6-19(18)29(23(28)31)13-11-20(30)25-21-26-27-22(33-21)32-15-17-9-7-16(14-24)8-10-17/h3-10H,2,11-13,15H2,1H3,(H,25,26,30). The summed E-state index contributed by atoms with van der Waals surface area (Å²) in [5, 5.41) is 20.3. The molecule has 2 heterocycles. The Kier molecular flexibility index (Phi) is 7.22. The third-order valence-electron chi connectivity index (χ3n) is 5.03. The van der Waals surface area contributed by atoms with Crippen molar-refractivity contribution in [2.45, 2.75) is 42.9 Å². The Balaban J connectivity index is 1.34. The van der Waals surface area contributed by atoms with Gasteiger partial charge in [0.05, 0.1) is 22.7 Å². The first kappa shape index (κ1) is 22.8. The van der Waals surface area contributed by atoms with Crippen molar-refractivity contribution in [1.29, 1.82) is 5.26 Å². The number of benzene rings is 2. The monoisotopic (exact) mass is 478 g/mol. The number of hydrogen-bond donors (Lipinski definition) is 1. The summed E-state index contributed by atoms with van der Waals surface area (Å²) in [4.78, 5) is 25.3. The summed E-state index contributed by atoms with van der Waals surface area (Å²) >= 11 is 2.83. The molecule has 1 N–H and O–H groups in total. The zero-order chi connectivity index (χ0) is 23.2. The first-order valence-corrected chi connectivity index (χ1v) is 12.3. The van der Waals surface area contributed by atoms with Crippen molar-refractivity contribution >= 4 is 45.2 Å². The molecule has 0 spiro atoms. The molecule has 8 nitrogen and oxygen atoms in total. The van der Waals surface area contributed by atoms with E-state index in [1.807, 2.05) is 43.3 Å². The van der Waals surface area contributed by atoms with Gasteiger partial charge in [0.2, 0.25) is 11.0 Å². The molecule has 0 aliphatic heterocycles. The van der Waals surface area contributed by atoms with Crippen LogP contribution in [0.1, 0.15) is 30.9 Å². The topological polar surface area (TPSA) is 106 Å². The van der Waals surface area contributed by atoms with Crippen molar-refractivity contribution in [2.24, 2.45) is 0 Å². The molecule has 0 fully saturated rings. The highest BCUT2D eigenvalue weighted by molar-refractivity contribution is 8.00. The van der Waals surface area contributed by atoms with Crippen LogP contribution in [0.5, 0.6) is 0 Å². The first-order valence-electron chi connectivity index (χ1n) is 10.5. The van der Waals surface area contributed by atoms with Crippen molar-refractivity contribution in [1.82, 2.24) is 19.3 Å². The zero-order valence-corrected chi connectivity index (χ0v) is 19.7. The van der Waals surface area contributed by atoms with Crippen LogP contribution in [0, 0.1) is 11.3 Å². The number of aryl methyl sites for hydroxylation is 2. The van der Waals surface area contributed by atoms with E-state index >= 15 is 0 Å². The quantitative estimate of drug-likeness (QED) is 0.285. The van der Waals surface area contributed by atoms with Gasteiger partial charge in [-0.3, -0.25) is 13.9 Å². The average Bonchev–Trinajstić information content (AvgIpc) is 3.39. The number of nitriles is 1. The molecule has 10 heteroatoms. The normalized spacial score (nSPS) is 10.9. The average molecular weight is 479 g/mol. The van der Waals surface area contributed by atoms with Crippen LogP contribution in [0.25, 0.3) is 11.0 Å². The predicted octanol–water partition coefficient (Wildman–Crippen LogP) is 4.26. The van der Waals surface area contributed by atoms with Crippen LogP contribution in [-0.4, -0.2) is 25.2 Å². The molecule has 2 aromatic carbocycles.